The molecule has 0 aromatic heterocycles. The minimum absolute atomic E-state index is 0.0720. The van der Waals surface area contributed by atoms with E-state index in [2.05, 4.69) is 27.5 Å². The highest BCUT2D eigenvalue weighted by molar-refractivity contribution is 9.10. The van der Waals surface area contributed by atoms with Crippen molar-refractivity contribution in [2.45, 2.75) is 37.0 Å². The Hall–Kier alpha value is -0.190. The van der Waals surface area contributed by atoms with E-state index in [0.717, 1.165) is 10.9 Å². The summed E-state index contributed by atoms with van der Waals surface area (Å²) in [6.45, 7) is 0. The van der Waals surface area contributed by atoms with Crippen LogP contribution in [0.2, 0.25) is 5.02 Å². The van der Waals surface area contributed by atoms with E-state index in [1.807, 2.05) is 23.9 Å². The van der Waals surface area contributed by atoms with Crippen molar-refractivity contribution in [2.24, 2.45) is 0 Å². The van der Waals surface area contributed by atoms with Gasteiger partial charge in [-0.1, -0.05) is 30.5 Å². The fourth-order valence-electron chi connectivity index (χ4n) is 2.47. The van der Waals surface area contributed by atoms with E-state index in [9.17, 15) is 4.79 Å². The van der Waals surface area contributed by atoms with Gasteiger partial charge in [0.15, 0.2) is 0 Å². The van der Waals surface area contributed by atoms with E-state index in [4.69, 9.17) is 11.6 Å². The lowest BCUT2D eigenvalue weighted by molar-refractivity contribution is 0.0929. The number of hydrogen-bond acceptors (Lipinski definition) is 2. The van der Waals surface area contributed by atoms with Gasteiger partial charge < -0.3 is 5.32 Å². The van der Waals surface area contributed by atoms with Gasteiger partial charge in [0, 0.05) is 15.8 Å². The molecule has 104 valence electrons. The van der Waals surface area contributed by atoms with Gasteiger partial charge in [-0.15, -0.1) is 0 Å². The molecule has 1 aromatic carbocycles. The van der Waals surface area contributed by atoms with Crippen LogP contribution in [0.5, 0.6) is 0 Å². The molecule has 1 aromatic rings. The normalized spacial score (nSPS) is 23.1. The third-order valence-corrected chi connectivity index (χ3v) is 5.98. The zero-order chi connectivity index (χ0) is 13.8. The largest absolute Gasteiger partial charge is 0.348 e. The Bertz CT molecular complexity index is 469. The van der Waals surface area contributed by atoms with Gasteiger partial charge in [-0.2, -0.15) is 11.8 Å². The average molecular weight is 363 g/mol. The van der Waals surface area contributed by atoms with E-state index in [1.165, 1.54) is 19.3 Å². The van der Waals surface area contributed by atoms with Crippen LogP contribution in [0.3, 0.4) is 0 Å². The Morgan fingerprint density at radius 2 is 2.16 bits per heavy atom. The van der Waals surface area contributed by atoms with E-state index < -0.39 is 0 Å². The molecule has 2 unspecified atom stereocenters. The van der Waals surface area contributed by atoms with Crippen LogP contribution in [0.15, 0.2) is 22.7 Å². The van der Waals surface area contributed by atoms with E-state index in [1.54, 1.807) is 6.07 Å². The number of nitrogens with one attached hydrogen (secondary N) is 1. The zero-order valence-electron chi connectivity index (χ0n) is 10.8. The molecule has 0 radical (unpaired) electrons. The minimum Gasteiger partial charge on any atom is -0.348 e. The summed E-state index contributed by atoms with van der Waals surface area (Å²) in [5.41, 5.74) is 0.543. The molecule has 0 saturated heterocycles. The molecule has 1 saturated carbocycles. The molecule has 5 heteroatoms. The van der Waals surface area contributed by atoms with Crippen molar-refractivity contribution in [1.29, 1.82) is 0 Å². The Morgan fingerprint density at radius 1 is 1.42 bits per heavy atom. The van der Waals surface area contributed by atoms with Crippen LogP contribution in [-0.2, 0) is 0 Å². The Balaban J connectivity index is 2.09. The van der Waals surface area contributed by atoms with Gasteiger partial charge in [-0.05, 0) is 47.2 Å². The molecule has 1 fully saturated rings. The van der Waals surface area contributed by atoms with Crippen molar-refractivity contribution in [3.05, 3.63) is 33.3 Å². The lowest BCUT2D eigenvalue weighted by atomic mass is 9.94. The molecule has 1 aliphatic carbocycles. The number of amides is 1. The maximum absolute atomic E-state index is 12.3. The molecule has 0 heterocycles. The van der Waals surface area contributed by atoms with Crippen LogP contribution in [0.4, 0.5) is 0 Å². The third-order valence-electron chi connectivity index (χ3n) is 3.52. The topological polar surface area (TPSA) is 29.1 Å². The summed E-state index contributed by atoms with van der Waals surface area (Å²) >= 11 is 11.4. The molecule has 0 bridgehead atoms. The second-order valence-electron chi connectivity index (χ2n) is 4.74. The lowest BCUT2D eigenvalue weighted by Crippen LogP contribution is -2.43. The summed E-state index contributed by atoms with van der Waals surface area (Å²) in [6, 6.07) is 5.69. The highest BCUT2D eigenvalue weighted by Gasteiger charge is 2.26. The van der Waals surface area contributed by atoms with E-state index in [-0.39, 0.29) is 11.9 Å². The Morgan fingerprint density at radius 3 is 2.89 bits per heavy atom. The first-order chi connectivity index (χ1) is 9.13. The third kappa shape index (κ3) is 3.67. The second-order valence-corrected chi connectivity index (χ2v) is 7.05. The van der Waals surface area contributed by atoms with Gasteiger partial charge in [0.2, 0.25) is 0 Å². The van der Waals surface area contributed by atoms with Crippen molar-refractivity contribution < 1.29 is 4.79 Å². The lowest BCUT2D eigenvalue weighted by Gasteiger charge is -2.31. The fourth-order valence-corrected chi connectivity index (χ4v) is 3.98. The summed E-state index contributed by atoms with van der Waals surface area (Å²) < 4.78 is 0.756. The van der Waals surface area contributed by atoms with Crippen LogP contribution in [0.1, 0.15) is 36.0 Å². The van der Waals surface area contributed by atoms with E-state index in [0.29, 0.717) is 15.8 Å². The zero-order valence-corrected chi connectivity index (χ0v) is 13.9. The fraction of sp³-hybridized carbons (Fsp3) is 0.500. The van der Waals surface area contributed by atoms with Gasteiger partial charge in [-0.3, -0.25) is 4.79 Å². The first kappa shape index (κ1) is 15.2. The monoisotopic (exact) mass is 361 g/mol. The molecule has 1 N–H and O–H groups in total. The Labute approximate surface area is 131 Å². The molecular weight excluding hydrogens is 346 g/mol. The Kier molecular flexibility index (Phi) is 5.60. The first-order valence-corrected chi connectivity index (χ1v) is 8.87. The molecule has 2 nitrogen and oxygen atoms in total. The smallest absolute Gasteiger partial charge is 0.253 e. The number of thioether (sulfide) groups is 1. The number of rotatable bonds is 3. The van der Waals surface area contributed by atoms with Gasteiger partial charge in [0.1, 0.15) is 0 Å². The van der Waals surface area contributed by atoms with Crippen molar-refractivity contribution in [1.82, 2.24) is 5.32 Å². The molecule has 19 heavy (non-hydrogen) atoms. The molecule has 2 atom stereocenters. The van der Waals surface area contributed by atoms with Crippen LogP contribution in [-0.4, -0.2) is 23.5 Å². The van der Waals surface area contributed by atoms with Gasteiger partial charge in [0.05, 0.1) is 10.6 Å². The predicted octanol–water partition coefficient (Wildman–Crippen LogP) is 4.51. The molecule has 0 aliphatic heterocycles. The summed E-state index contributed by atoms with van der Waals surface area (Å²) in [7, 11) is 0. The summed E-state index contributed by atoms with van der Waals surface area (Å²) in [5.74, 6) is -0.0720. The van der Waals surface area contributed by atoms with Crippen LogP contribution in [0, 0.1) is 0 Å². The van der Waals surface area contributed by atoms with E-state index >= 15 is 0 Å². The van der Waals surface area contributed by atoms with Gasteiger partial charge >= 0.3 is 0 Å². The maximum Gasteiger partial charge on any atom is 0.253 e. The number of carbonyl (C=O) groups excluding carboxylic acids is 1. The van der Waals surface area contributed by atoms with Crippen molar-refractivity contribution in [2.75, 3.05) is 6.26 Å². The van der Waals surface area contributed by atoms with Crippen LogP contribution >= 0.6 is 39.3 Å². The number of benzene rings is 1. The van der Waals surface area contributed by atoms with Crippen LogP contribution < -0.4 is 5.32 Å². The first-order valence-electron chi connectivity index (χ1n) is 6.41. The molecule has 0 spiro atoms. The molecule has 1 amide bonds. The summed E-state index contributed by atoms with van der Waals surface area (Å²) in [6.07, 6.45) is 6.80. The van der Waals surface area contributed by atoms with Gasteiger partial charge in [0.25, 0.3) is 5.91 Å². The van der Waals surface area contributed by atoms with Crippen molar-refractivity contribution in [3.8, 4) is 0 Å². The molecule has 1 aliphatic rings. The molecular formula is C14H17BrClNOS. The SMILES string of the molecule is CSC1CCCCC1NC(=O)c1cccc(Br)c1Cl. The standard InChI is InChI=1S/C14H17BrClNOS/c1-19-12-8-3-2-7-11(12)17-14(18)9-5-4-6-10(15)13(9)16/h4-6,11-12H,2-3,7-8H2,1H3,(H,17,18). The maximum atomic E-state index is 12.3. The number of carbonyl (C=O) groups is 1. The molecule has 2 rings (SSSR count). The average Bonchev–Trinajstić information content (AvgIpc) is 2.42. The highest BCUT2D eigenvalue weighted by Crippen LogP contribution is 2.29. The highest BCUT2D eigenvalue weighted by atomic mass is 79.9. The van der Waals surface area contributed by atoms with Crippen molar-refractivity contribution >= 4 is 45.2 Å². The number of halogens is 2. The predicted molar refractivity (Wildman–Crippen MR) is 86.2 cm³/mol. The van der Waals surface area contributed by atoms with Gasteiger partial charge in [-0.25, -0.2) is 0 Å². The summed E-state index contributed by atoms with van der Waals surface area (Å²) in [4.78, 5) is 12.3. The minimum atomic E-state index is -0.0720. The second kappa shape index (κ2) is 7.00. The van der Waals surface area contributed by atoms with Crippen LogP contribution in [0.25, 0.3) is 0 Å². The summed E-state index contributed by atoms with van der Waals surface area (Å²) in [5, 5.41) is 4.14. The quantitative estimate of drug-likeness (QED) is 0.857. The van der Waals surface area contributed by atoms with Crippen molar-refractivity contribution in [3.63, 3.8) is 0 Å². The number of hydrogen-bond donors (Lipinski definition) is 1.